The number of halogens is 3. The van der Waals surface area contributed by atoms with E-state index < -0.39 is 44.5 Å². The number of rotatable bonds is 5. The third kappa shape index (κ3) is 4.44. The zero-order valence-corrected chi connectivity index (χ0v) is 15.5. The molecule has 0 bridgehead atoms. The normalized spacial score (nSPS) is 17.5. The standard InChI is InChI=1S/C16H17F3N4O4S/c1-23-8-14(20-9-23)28(25,26)22-12-5-4-10(7-11(12)16(17,18)19)21-15(24)13-3-2-6-27-13/h4-5,7-9,13,22H,2-3,6H2,1H3,(H,21,24). The molecule has 1 atom stereocenters. The quantitative estimate of drug-likeness (QED) is 0.776. The van der Waals surface area contributed by atoms with Crippen LogP contribution in [0.15, 0.2) is 35.7 Å². The molecule has 1 amide bonds. The Morgan fingerprint density at radius 2 is 2.11 bits per heavy atom. The molecule has 152 valence electrons. The predicted octanol–water partition coefficient (Wildman–Crippen LogP) is 2.36. The van der Waals surface area contributed by atoms with Gasteiger partial charge in [-0.25, -0.2) is 4.98 Å². The van der Waals surface area contributed by atoms with Crippen LogP contribution in [0.4, 0.5) is 24.5 Å². The van der Waals surface area contributed by atoms with Crippen molar-refractivity contribution in [3.8, 4) is 0 Å². The van der Waals surface area contributed by atoms with Gasteiger partial charge in [0.05, 0.1) is 17.6 Å². The maximum Gasteiger partial charge on any atom is 0.418 e. The molecule has 1 saturated heterocycles. The summed E-state index contributed by atoms with van der Waals surface area (Å²) < 4.78 is 73.4. The Morgan fingerprint density at radius 1 is 1.36 bits per heavy atom. The lowest BCUT2D eigenvalue weighted by atomic mass is 10.1. The van der Waals surface area contributed by atoms with E-state index in [9.17, 15) is 26.4 Å². The second-order valence-electron chi connectivity index (χ2n) is 6.23. The van der Waals surface area contributed by atoms with Gasteiger partial charge in [0.15, 0.2) is 5.03 Å². The Kier molecular flexibility index (Phi) is 5.35. The topological polar surface area (TPSA) is 102 Å². The number of aromatic nitrogens is 2. The zero-order valence-electron chi connectivity index (χ0n) is 14.7. The SMILES string of the molecule is Cn1cnc(S(=O)(=O)Nc2ccc(NC(=O)C3CCCO3)cc2C(F)(F)F)c1. The van der Waals surface area contributed by atoms with E-state index in [2.05, 4.69) is 10.3 Å². The highest BCUT2D eigenvalue weighted by molar-refractivity contribution is 7.92. The Hall–Kier alpha value is -2.60. The van der Waals surface area contributed by atoms with Crippen molar-refractivity contribution in [3.05, 3.63) is 36.3 Å². The van der Waals surface area contributed by atoms with Gasteiger partial charge < -0.3 is 14.6 Å². The monoisotopic (exact) mass is 418 g/mol. The van der Waals surface area contributed by atoms with Crippen molar-refractivity contribution in [3.63, 3.8) is 0 Å². The van der Waals surface area contributed by atoms with Gasteiger partial charge in [0.2, 0.25) is 0 Å². The fourth-order valence-corrected chi connectivity index (χ4v) is 3.74. The number of sulfonamides is 1. The van der Waals surface area contributed by atoms with Gasteiger partial charge in [0, 0.05) is 25.5 Å². The Morgan fingerprint density at radius 3 is 2.68 bits per heavy atom. The molecule has 2 heterocycles. The van der Waals surface area contributed by atoms with Crippen LogP contribution >= 0.6 is 0 Å². The molecule has 0 radical (unpaired) electrons. The van der Waals surface area contributed by atoms with Crippen molar-refractivity contribution in [1.29, 1.82) is 0 Å². The van der Waals surface area contributed by atoms with E-state index in [1.54, 1.807) is 0 Å². The summed E-state index contributed by atoms with van der Waals surface area (Å²) in [7, 11) is -2.79. The molecular formula is C16H17F3N4O4S. The molecule has 1 aromatic heterocycles. The van der Waals surface area contributed by atoms with Gasteiger partial charge in [-0.1, -0.05) is 0 Å². The maximum atomic E-state index is 13.5. The van der Waals surface area contributed by atoms with E-state index in [4.69, 9.17) is 4.74 Å². The van der Waals surface area contributed by atoms with Crippen molar-refractivity contribution < 1.29 is 31.1 Å². The molecule has 1 aliphatic heterocycles. The first-order valence-corrected chi connectivity index (χ1v) is 9.69. The van der Waals surface area contributed by atoms with Crippen molar-refractivity contribution >= 4 is 27.3 Å². The molecule has 1 aliphatic rings. The number of imidazole rings is 1. The lowest BCUT2D eigenvalue weighted by Gasteiger charge is -2.17. The first-order chi connectivity index (χ1) is 13.1. The molecule has 2 N–H and O–H groups in total. The number of carbonyl (C=O) groups excluding carboxylic acids is 1. The van der Waals surface area contributed by atoms with E-state index in [0.717, 1.165) is 12.3 Å². The van der Waals surface area contributed by atoms with Crippen LogP contribution in [0, 0.1) is 0 Å². The van der Waals surface area contributed by atoms with E-state index in [1.807, 2.05) is 4.72 Å². The minimum Gasteiger partial charge on any atom is -0.368 e. The van der Waals surface area contributed by atoms with Gasteiger partial charge in [-0.2, -0.15) is 21.6 Å². The molecule has 1 unspecified atom stereocenters. The minimum atomic E-state index is -4.85. The lowest BCUT2D eigenvalue weighted by Crippen LogP contribution is -2.27. The number of hydrogen-bond acceptors (Lipinski definition) is 5. The largest absolute Gasteiger partial charge is 0.418 e. The number of nitrogens with zero attached hydrogens (tertiary/aromatic N) is 2. The number of benzene rings is 1. The summed E-state index contributed by atoms with van der Waals surface area (Å²) in [6.45, 7) is 0.417. The highest BCUT2D eigenvalue weighted by atomic mass is 32.2. The number of ether oxygens (including phenoxy) is 1. The zero-order chi connectivity index (χ0) is 20.5. The van der Waals surface area contributed by atoms with Crippen LogP contribution in [0.2, 0.25) is 0 Å². The van der Waals surface area contributed by atoms with Crippen molar-refractivity contribution in [1.82, 2.24) is 9.55 Å². The third-order valence-corrected chi connectivity index (χ3v) is 5.27. The summed E-state index contributed by atoms with van der Waals surface area (Å²) in [5.41, 5.74) is -2.03. The summed E-state index contributed by atoms with van der Waals surface area (Å²) in [5.74, 6) is -0.549. The second-order valence-corrected chi connectivity index (χ2v) is 7.86. The molecule has 0 saturated carbocycles. The van der Waals surface area contributed by atoms with Crippen LogP contribution in [0.5, 0.6) is 0 Å². The first-order valence-electron chi connectivity index (χ1n) is 8.21. The molecule has 2 aromatic rings. The van der Waals surface area contributed by atoms with Crippen LogP contribution < -0.4 is 10.0 Å². The number of carbonyl (C=O) groups is 1. The second kappa shape index (κ2) is 7.43. The molecule has 0 aliphatic carbocycles. The highest BCUT2D eigenvalue weighted by Gasteiger charge is 2.35. The fourth-order valence-electron chi connectivity index (χ4n) is 2.68. The van der Waals surface area contributed by atoms with Crippen LogP contribution in [0.25, 0.3) is 0 Å². The van der Waals surface area contributed by atoms with Crippen LogP contribution in [0.1, 0.15) is 18.4 Å². The number of amides is 1. The van der Waals surface area contributed by atoms with Gasteiger partial charge in [-0.05, 0) is 31.0 Å². The first kappa shape index (κ1) is 20.1. The smallest absolute Gasteiger partial charge is 0.368 e. The number of aryl methyl sites for hydroxylation is 1. The maximum absolute atomic E-state index is 13.5. The molecule has 8 nitrogen and oxygen atoms in total. The molecule has 0 spiro atoms. The van der Waals surface area contributed by atoms with Crippen molar-refractivity contribution in [2.75, 3.05) is 16.6 Å². The van der Waals surface area contributed by atoms with E-state index >= 15 is 0 Å². The average molecular weight is 418 g/mol. The number of hydrogen-bond donors (Lipinski definition) is 2. The third-order valence-electron chi connectivity index (χ3n) is 4.02. The number of anilines is 2. The van der Waals surface area contributed by atoms with E-state index in [-0.39, 0.29) is 5.69 Å². The molecule has 12 heteroatoms. The van der Waals surface area contributed by atoms with Gasteiger partial charge in [0.25, 0.3) is 15.9 Å². The van der Waals surface area contributed by atoms with E-state index in [1.165, 1.54) is 24.0 Å². The van der Waals surface area contributed by atoms with Gasteiger partial charge in [-0.3, -0.25) is 9.52 Å². The number of nitrogens with one attached hydrogen (secondary N) is 2. The molecule has 28 heavy (non-hydrogen) atoms. The summed E-state index contributed by atoms with van der Waals surface area (Å²) in [5, 5.41) is 1.95. The molecule has 1 aromatic carbocycles. The van der Waals surface area contributed by atoms with Crippen molar-refractivity contribution in [2.24, 2.45) is 7.05 Å². The summed E-state index contributed by atoms with van der Waals surface area (Å²) >= 11 is 0. The van der Waals surface area contributed by atoms with Crippen LogP contribution in [-0.4, -0.2) is 36.6 Å². The Bertz CT molecular complexity index is 982. The van der Waals surface area contributed by atoms with Gasteiger partial charge in [-0.15, -0.1) is 0 Å². The highest BCUT2D eigenvalue weighted by Crippen LogP contribution is 2.37. The average Bonchev–Trinajstić information content (AvgIpc) is 3.26. The summed E-state index contributed by atoms with van der Waals surface area (Å²) in [6, 6.07) is 2.79. The lowest BCUT2D eigenvalue weighted by molar-refractivity contribution is -0.137. The minimum absolute atomic E-state index is 0.117. The Balaban J connectivity index is 1.88. The molecule has 1 fully saturated rings. The van der Waals surface area contributed by atoms with Gasteiger partial charge in [0.1, 0.15) is 6.10 Å². The summed E-state index contributed by atoms with van der Waals surface area (Å²) in [4.78, 5) is 15.7. The molecular weight excluding hydrogens is 401 g/mol. The van der Waals surface area contributed by atoms with E-state index in [0.29, 0.717) is 25.5 Å². The number of alkyl halides is 3. The Labute approximate surface area is 158 Å². The van der Waals surface area contributed by atoms with Crippen molar-refractivity contribution in [2.45, 2.75) is 30.1 Å². The van der Waals surface area contributed by atoms with Crippen LogP contribution in [0.3, 0.4) is 0 Å². The summed E-state index contributed by atoms with van der Waals surface area (Å²) in [6.07, 6.45) is -2.02. The van der Waals surface area contributed by atoms with Crippen LogP contribution in [-0.2, 0) is 32.8 Å². The predicted molar refractivity (Wildman–Crippen MR) is 93.1 cm³/mol. The molecule has 3 rings (SSSR count). The fraction of sp³-hybridized carbons (Fsp3) is 0.375. The van der Waals surface area contributed by atoms with Gasteiger partial charge >= 0.3 is 6.18 Å².